The molecule has 2 aromatic carbocycles. The van der Waals surface area contributed by atoms with Crippen molar-refractivity contribution < 1.29 is 9.59 Å². The molecule has 0 saturated heterocycles. The normalized spacial score (nSPS) is 9.60. The van der Waals surface area contributed by atoms with Crippen LogP contribution in [0.1, 0.15) is 27.1 Å². The molecule has 0 heterocycles. The minimum Gasteiger partial charge on any atom is -0.294 e. The fourth-order valence-electron chi connectivity index (χ4n) is 1.81. The molecule has 0 bridgehead atoms. The number of ketones is 2. The lowest BCUT2D eigenvalue weighted by atomic mass is 10.0. The van der Waals surface area contributed by atoms with E-state index < -0.39 is 0 Å². The maximum Gasteiger partial charge on any atom is 0.171 e. The van der Waals surface area contributed by atoms with E-state index in [0.717, 1.165) is 0 Å². The largest absolute Gasteiger partial charge is 0.294 e. The van der Waals surface area contributed by atoms with Crippen LogP contribution in [-0.2, 0) is 0 Å². The minimum absolute atomic E-state index is 0.237. The molecule has 0 unspecified atom stereocenters. The van der Waals surface area contributed by atoms with Gasteiger partial charge < -0.3 is 0 Å². The van der Waals surface area contributed by atoms with Gasteiger partial charge in [0.2, 0.25) is 0 Å². The summed E-state index contributed by atoms with van der Waals surface area (Å²) in [6.07, 6.45) is -0.248. The van der Waals surface area contributed by atoms with Crippen LogP contribution in [0.2, 0.25) is 0 Å². The number of nitrogens with zero attached hydrogens (tertiary/aromatic N) is 3. The number of hydrogen-bond acceptors (Lipinski definition) is 3. The Morgan fingerprint density at radius 1 is 0.950 bits per heavy atom. The highest BCUT2D eigenvalue weighted by Crippen LogP contribution is 2.21. The summed E-state index contributed by atoms with van der Waals surface area (Å²) in [4.78, 5) is 26.8. The van der Waals surface area contributed by atoms with Gasteiger partial charge in [-0.1, -0.05) is 59.7 Å². The third-order valence-electron chi connectivity index (χ3n) is 2.77. The summed E-state index contributed by atoms with van der Waals surface area (Å²) < 4.78 is 0. The van der Waals surface area contributed by atoms with Crippen molar-refractivity contribution in [2.24, 2.45) is 5.11 Å². The van der Waals surface area contributed by atoms with Crippen LogP contribution in [0.25, 0.3) is 10.4 Å². The Labute approximate surface area is 115 Å². The average Bonchev–Trinajstić information content (AvgIpc) is 2.49. The Hall–Kier alpha value is -2.91. The summed E-state index contributed by atoms with van der Waals surface area (Å²) >= 11 is 0. The van der Waals surface area contributed by atoms with Gasteiger partial charge in [-0.25, -0.2) is 0 Å². The predicted octanol–water partition coefficient (Wildman–Crippen LogP) is 4.08. The van der Waals surface area contributed by atoms with Crippen LogP contribution in [0.3, 0.4) is 0 Å². The highest BCUT2D eigenvalue weighted by atomic mass is 16.1. The number of carbonyl (C=O) groups excluding carboxylic acids is 2. The van der Waals surface area contributed by atoms with E-state index in [2.05, 4.69) is 10.0 Å². The Morgan fingerprint density at radius 3 is 2.30 bits per heavy atom. The van der Waals surface area contributed by atoms with Crippen LogP contribution in [0.4, 0.5) is 5.69 Å². The fraction of sp³-hybridized carbons (Fsp3) is 0.0667. The summed E-state index contributed by atoms with van der Waals surface area (Å²) in [7, 11) is 0. The molecule has 0 fully saturated rings. The van der Waals surface area contributed by atoms with Crippen molar-refractivity contribution in [2.45, 2.75) is 6.42 Å². The third kappa shape index (κ3) is 3.10. The first-order valence-corrected chi connectivity index (χ1v) is 5.98. The van der Waals surface area contributed by atoms with Crippen molar-refractivity contribution >= 4 is 17.3 Å². The quantitative estimate of drug-likeness (QED) is 0.268. The second-order valence-electron chi connectivity index (χ2n) is 4.10. The SMILES string of the molecule is [N-]=[N+]=Nc1ccccc1C(=O)CC(=O)c1ccccc1. The second kappa shape index (κ2) is 6.31. The van der Waals surface area contributed by atoms with E-state index in [4.69, 9.17) is 5.53 Å². The number of hydrogen-bond donors (Lipinski definition) is 0. The van der Waals surface area contributed by atoms with Gasteiger partial charge in [0.25, 0.3) is 0 Å². The standard InChI is InChI=1S/C15H11N3O2/c16-18-17-13-9-5-4-8-12(13)15(20)10-14(19)11-6-2-1-3-7-11/h1-9H,10H2. The molecule has 20 heavy (non-hydrogen) atoms. The van der Waals surface area contributed by atoms with Gasteiger partial charge in [0.1, 0.15) is 0 Å². The lowest BCUT2D eigenvalue weighted by Gasteiger charge is -2.04. The van der Waals surface area contributed by atoms with Gasteiger partial charge in [-0.3, -0.25) is 9.59 Å². The average molecular weight is 265 g/mol. The van der Waals surface area contributed by atoms with Gasteiger partial charge in [-0.15, -0.1) is 0 Å². The molecule has 0 aliphatic rings. The van der Waals surface area contributed by atoms with E-state index in [-0.39, 0.29) is 29.2 Å². The molecule has 2 rings (SSSR count). The van der Waals surface area contributed by atoms with Crippen LogP contribution in [0.15, 0.2) is 59.7 Å². The Balaban J connectivity index is 2.21. The van der Waals surface area contributed by atoms with Gasteiger partial charge in [-0.05, 0) is 5.53 Å². The Morgan fingerprint density at radius 2 is 1.60 bits per heavy atom. The first kappa shape index (κ1) is 13.5. The van der Waals surface area contributed by atoms with Gasteiger partial charge in [0, 0.05) is 21.7 Å². The summed E-state index contributed by atoms with van der Waals surface area (Å²) in [5, 5.41) is 3.46. The number of benzene rings is 2. The van der Waals surface area contributed by atoms with E-state index in [1.807, 2.05) is 0 Å². The third-order valence-corrected chi connectivity index (χ3v) is 2.77. The monoisotopic (exact) mass is 265 g/mol. The molecule has 0 N–H and O–H groups in total. The zero-order valence-electron chi connectivity index (χ0n) is 10.6. The lowest BCUT2D eigenvalue weighted by Crippen LogP contribution is -2.08. The molecule has 0 spiro atoms. The number of carbonyl (C=O) groups is 2. The zero-order chi connectivity index (χ0) is 14.4. The summed E-state index contributed by atoms with van der Waals surface area (Å²) in [5.41, 5.74) is 9.45. The van der Waals surface area contributed by atoms with E-state index in [0.29, 0.717) is 5.56 Å². The van der Waals surface area contributed by atoms with E-state index in [9.17, 15) is 9.59 Å². The van der Waals surface area contributed by atoms with Crippen molar-refractivity contribution in [3.63, 3.8) is 0 Å². The Bertz CT molecular complexity index is 689. The summed E-state index contributed by atoms with van der Waals surface area (Å²) in [6, 6.07) is 15.0. The first-order chi connectivity index (χ1) is 9.72. The van der Waals surface area contributed by atoms with Gasteiger partial charge in [-0.2, -0.15) is 0 Å². The molecule has 0 aliphatic carbocycles. The van der Waals surface area contributed by atoms with E-state index >= 15 is 0 Å². The van der Waals surface area contributed by atoms with Gasteiger partial charge >= 0.3 is 0 Å². The van der Waals surface area contributed by atoms with Crippen molar-refractivity contribution in [1.82, 2.24) is 0 Å². The van der Waals surface area contributed by atoms with Crippen LogP contribution >= 0.6 is 0 Å². The van der Waals surface area contributed by atoms with Gasteiger partial charge in [0.05, 0.1) is 6.42 Å². The smallest absolute Gasteiger partial charge is 0.171 e. The van der Waals surface area contributed by atoms with E-state index in [1.54, 1.807) is 54.6 Å². The summed E-state index contributed by atoms with van der Waals surface area (Å²) in [6.45, 7) is 0. The number of Topliss-reactive ketones (excluding diaryl/α,β-unsaturated/α-hetero) is 2. The molecule has 0 radical (unpaired) electrons. The van der Waals surface area contributed by atoms with Crippen molar-refractivity contribution in [3.8, 4) is 0 Å². The lowest BCUT2D eigenvalue weighted by molar-refractivity contribution is 0.0894. The topological polar surface area (TPSA) is 82.9 Å². The van der Waals surface area contributed by atoms with Crippen molar-refractivity contribution in [1.29, 1.82) is 0 Å². The van der Waals surface area contributed by atoms with Crippen molar-refractivity contribution in [3.05, 3.63) is 76.2 Å². The maximum atomic E-state index is 12.1. The molecule has 0 aliphatic heterocycles. The van der Waals surface area contributed by atoms with Crippen LogP contribution in [0.5, 0.6) is 0 Å². The molecule has 2 aromatic rings. The second-order valence-corrected chi connectivity index (χ2v) is 4.10. The van der Waals surface area contributed by atoms with E-state index in [1.165, 1.54) is 0 Å². The zero-order valence-corrected chi connectivity index (χ0v) is 10.6. The molecular weight excluding hydrogens is 254 g/mol. The highest BCUT2D eigenvalue weighted by Gasteiger charge is 2.15. The maximum absolute atomic E-state index is 12.1. The summed E-state index contributed by atoms with van der Waals surface area (Å²) in [5.74, 6) is -0.617. The molecule has 0 amide bonds. The molecule has 5 heteroatoms. The Kier molecular flexibility index (Phi) is 4.27. The molecule has 0 saturated carbocycles. The molecule has 5 nitrogen and oxygen atoms in total. The van der Waals surface area contributed by atoms with Crippen LogP contribution < -0.4 is 0 Å². The number of rotatable bonds is 5. The van der Waals surface area contributed by atoms with Crippen molar-refractivity contribution in [2.75, 3.05) is 0 Å². The predicted molar refractivity (Wildman–Crippen MR) is 75.0 cm³/mol. The molecular formula is C15H11N3O2. The first-order valence-electron chi connectivity index (χ1n) is 5.98. The fourth-order valence-corrected chi connectivity index (χ4v) is 1.81. The van der Waals surface area contributed by atoms with Gasteiger partial charge in [0.15, 0.2) is 11.6 Å². The van der Waals surface area contributed by atoms with Crippen LogP contribution in [0, 0.1) is 0 Å². The minimum atomic E-state index is -0.359. The molecule has 0 atom stereocenters. The number of azide groups is 1. The molecule has 98 valence electrons. The highest BCUT2D eigenvalue weighted by molar-refractivity contribution is 6.15. The van der Waals surface area contributed by atoms with Crippen LogP contribution in [-0.4, -0.2) is 11.6 Å². The molecule has 0 aromatic heterocycles.